The maximum Gasteiger partial charge on any atom is 0.116 e. The summed E-state index contributed by atoms with van der Waals surface area (Å²) in [5.41, 5.74) is 9.58. The van der Waals surface area contributed by atoms with Crippen LogP contribution < -0.4 is 15.5 Å². The van der Waals surface area contributed by atoms with Crippen molar-refractivity contribution in [2.24, 2.45) is 5.92 Å². The Morgan fingerprint density at radius 1 is 0.951 bits per heavy atom. The number of anilines is 2. The number of pyridine rings is 1. The van der Waals surface area contributed by atoms with Crippen molar-refractivity contribution in [1.82, 2.24) is 30.4 Å². The van der Waals surface area contributed by atoms with E-state index in [9.17, 15) is 0 Å². The molecule has 2 aliphatic heterocycles. The lowest BCUT2D eigenvalue weighted by atomic mass is 9.93. The zero-order valence-electron chi connectivity index (χ0n) is 23.7. The van der Waals surface area contributed by atoms with Gasteiger partial charge in [-0.3, -0.25) is 10.1 Å². The second kappa shape index (κ2) is 11.0. The molecule has 3 aromatic heterocycles. The van der Waals surface area contributed by atoms with Gasteiger partial charge in [0.15, 0.2) is 0 Å². The number of likely N-dealkylation sites (N-methyl/N-ethyl adjacent to an activating group) is 1. The molecule has 7 rings (SSSR count). The number of benzene rings is 2. The van der Waals surface area contributed by atoms with Gasteiger partial charge in [-0.05, 0) is 87.3 Å². The minimum absolute atomic E-state index is 0.691. The van der Waals surface area contributed by atoms with Crippen molar-refractivity contribution in [1.29, 1.82) is 0 Å². The molecular formula is C33H38N8. The molecule has 0 radical (unpaired) electrons. The molecular weight excluding hydrogens is 508 g/mol. The minimum atomic E-state index is 0.691. The molecule has 5 aromatic rings. The van der Waals surface area contributed by atoms with E-state index in [0.717, 1.165) is 96.0 Å². The van der Waals surface area contributed by atoms with Gasteiger partial charge in [-0.15, -0.1) is 0 Å². The second-order valence-corrected chi connectivity index (χ2v) is 11.6. The summed E-state index contributed by atoms with van der Waals surface area (Å²) < 4.78 is 0. The molecule has 2 fully saturated rings. The molecule has 0 bridgehead atoms. The summed E-state index contributed by atoms with van der Waals surface area (Å²) in [6.07, 6.45) is 7.21. The Morgan fingerprint density at radius 3 is 2.66 bits per heavy atom. The number of piperidine rings is 1. The number of hydrogen-bond donors (Lipinski definition) is 4. The van der Waals surface area contributed by atoms with E-state index in [1.54, 1.807) is 0 Å². The molecule has 41 heavy (non-hydrogen) atoms. The average Bonchev–Trinajstić information content (AvgIpc) is 3.62. The van der Waals surface area contributed by atoms with Gasteiger partial charge in [-0.1, -0.05) is 18.7 Å². The van der Waals surface area contributed by atoms with Gasteiger partial charge in [0, 0.05) is 65.6 Å². The molecule has 0 aliphatic carbocycles. The number of fused-ring (bicyclic) bond motifs is 2. The summed E-state index contributed by atoms with van der Waals surface area (Å²) in [7, 11) is 2.19. The van der Waals surface area contributed by atoms with Crippen molar-refractivity contribution in [2.45, 2.75) is 19.3 Å². The number of rotatable bonds is 7. The lowest BCUT2D eigenvalue weighted by Gasteiger charge is -2.34. The third kappa shape index (κ3) is 5.33. The zero-order valence-corrected chi connectivity index (χ0v) is 23.7. The van der Waals surface area contributed by atoms with E-state index in [1.165, 1.54) is 23.9 Å². The lowest BCUT2D eigenvalue weighted by molar-refractivity contribution is 0.313. The van der Waals surface area contributed by atoms with Gasteiger partial charge in [0.2, 0.25) is 0 Å². The normalized spacial score (nSPS) is 17.0. The van der Waals surface area contributed by atoms with E-state index >= 15 is 0 Å². The van der Waals surface area contributed by atoms with Crippen LogP contribution in [0.4, 0.5) is 11.4 Å². The summed E-state index contributed by atoms with van der Waals surface area (Å²) in [5.74, 6) is 0.691. The highest BCUT2D eigenvalue weighted by molar-refractivity contribution is 6.01. The Kier molecular flexibility index (Phi) is 6.94. The predicted octanol–water partition coefficient (Wildman–Crippen LogP) is 5.84. The van der Waals surface area contributed by atoms with Gasteiger partial charge in [0.25, 0.3) is 0 Å². The van der Waals surface area contributed by atoms with Crippen LogP contribution in [-0.4, -0.2) is 71.4 Å². The van der Waals surface area contributed by atoms with E-state index in [2.05, 4.69) is 97.7 Å². The van der Waals surface area contributed by atoms with Gasteiger partial charge in [-0.25, -0.2) is 0 Å². The molecule has 2 aromatic carbocycles. The van der Waals surface area contributed by atoms with Crippen molar-refractivity contribution >= 4 is 33.2 Å². The fourth-order valence-electron chi connectivity index (χ4n) is 6.34. The monoisotopic (exact) mass is 546 g/mol. The molecule has 210 valence electrons. The summed E-state index contributed by atoms with van der Waals surface area (Å²) in [6.45, 7) is 10.7. The summed E-state index contributed by atoms with van der Waals surface area (Å²) in [4.78, 5) is 13.1. The molecule has 0 atom stereocenters. The first-order valence-electron chi connectivity index (χ1n) is 14.8. The molecule has 0 unspecified atom stereocenters. The van der Waals surface area contributed by atoms with Crippen molar-refractivity contribution in [3.05, 3.63) is 73.2 Å². The maximum absolute atomic E-state index is 4.74. The zero-order chi connectivity index (χ0) is 27.8. The summed E-state index contributed by atoms with van der Waals surface area (Å²) in [5, 5.41) is 17.3. The Hall–Kier alpha value is -4.14. The molecule has 2 saturated heterocycles. The standard InChI is InChI=1S/C33H38N8/c1-22(16-23-8-10-34-11-9-23)36-26-17-25(20-35-21-26)24-6-7-30-28(18-24)33(39-38-30)31-19-27-29(37-31)4-3-5-32(27)41-14-12-40(2)13-15-41/h3-7,17-21,23,34,36-37H,1,8-16H2,2H3,(H,38,39). The fourth-order valence-corrected chi connectivity index (χ4v) is 6.34. The molecule has 4 N–H and O–H groups in total. The van der Waals surface area contributed by atoms with Crippen molar-refractivity contribution in [3.8, 4) is 22.5 Å². The highest BCUT2D eigenvalue weighted by Crippen LogP contribution is 2.35. The molecule has 5 heterocycles. The number of hydrogen-bond acceptors (Lipinski definition) is 6. The highest BCUT2D eigenvalue weighted by atomic mass is 15.2. The van der Waals surface area contributed by atoms with Gasteiger partial charge >= 0.3 is 0 Å². The van der Waals surface area contributed by atoms with Crippen LogP contribution in [0.3, 0.4) is 0 Å². The lowest BCUT2D eigenvalue weighted by Crippen LogP contribution is -2.44. The first-order valence-corrected chi connectivity index (χ1v) is 14.8. The molecule has 2 aliphatic rings. The predicted molar refractivity (Wildman–Crippen MR) is 169 cm³/mol. The van der Waals surface area contributed by atoms with Crippen LogP contribution in [0.25, 0.3) is 44.3 Å². The van der Waals surface area contributed by atoms with Crippen LogP contribution in [-0.2, 0) is 0 Å². The van der Waals surface area contributed by atoms with Crippen LogP contribution in [0.15, 0.2) is 73.2 Å². The van der Waals surface area contributed by atoms with Gasteiger partial charge in [0.1, 0.15) is 5.69 Å². The Balaban J connectivity index is 1.16. The number of aromatic amines is 2. The van der Waals surface area contributed by atoms with Gasteiger partial charge in [0.05, 0.1) is 23.1 Å². The van der Waals surface area contributed by atoms with E-state index < -0.39 is 0 Å². The third-order valence-electron chi connectivity index (χ3n) is 8.69. The Bertz CT molecular complexity index is 1680. The largest absolute Gasteiger partial charge is 0.368 e. The van der Waals surface area contributed by atoms with E-state index in [4.69, 9.17) is 5.10 Å². The molecule has 0 spiro atoms. The topological polar surface area (TPSA) is 87.9 Å². The first kappa shape index (κ1) is 25.8. The van der Waals surface area contributed by atoms with Crippen molar-refractivity contribution in [3.63, 3.8) is 0 Å². The SMILES string of the molecule is C=C(CC1CCNCC1)Nc1cncc(-c2ccc3[nH]nc(-c4cc5c(N6CCN(C)CC6)cccc5[nH]4)c3c2)c1. The molecule has 8 heteroatoms. The Morgan fingerprint density at radius 2 is 1.80 bits per heavy atom. The van der Waals surface area contributed by atoms with Crippen molar-refractivity contribution < 1.29 is 0 Å². The smallest absolute Gasteiger partial charge is 0.116 e. The van der Waals surface area contributed by atoms with Crippen LogP contribution >= 0.6 is 0 Å². The fraction of sp³-hybridized carbons (Fsp3) is 0.333. The van der Waals surface area contributed by atoms with Crippen LogP contribution in [0.2, 0.25) is 0 Å². The molecule has 0 amide bonds. The average molecular weight is 547 g/mol. The highest BCUT2D eigenvalue weighted by Gasteiger charge is 2.19. The van der Waals surface area contributed by atoms with E-state index in [1.807, 2.05) is 12.4 Å². The number of piperazine rings is 1. The summed E-state index contributed by atoms with van der Waals surface area (Å²) in [6, 6.07) is 17.4. The van der Waals surface area contributed by atoms with Crippen LogP contribution in [0, 0.1) is 5.92 Å². The minimum Gasteiger partial charge on any atom is -0.368 e. The van der Waals surface area contributed by atoms with E-state index in [-0.39, 0.29) is 0 Å². The number of aromatic nitrogens is 4. The maximum atomic E-state index is 4.74. The summed E-state index contributed by atoms with van der Waals surface area (Å²) >= 11 is 0. The number of H-pyrrole nitrogens is 2. The van der Waals surface area contributed by atoms with Crippen LogP contribution in [0.1, 0.15) is 19.3 Å². The van der Waals surface area contributed by atoms with Gasteiger partial charge < -0.3 is 25.4 Å². The van der Waals surface area contributed by atoms with Gasteiger partial charge in [-0.2, -0.15) is 5.10 Å². The molecule has 0 saturated carbocycles. The number of nitrogens with one attached hydrogen (secondary N) is 4. The van der Waals surface area contributed by atoms with Crippen molar-refractivity contribution in [2.75, 3.05) is 56.5 Å². The first-order chi connectivity index (χ1) is 20.1. The number of nitrogens with zero attached hydrogens (tertiary/aromatic N) is 4. The number of allylic oxidation sites excluding steroid dienone is 1. The second-order valence-electron chi connectivity index (χ2n) is 11.6. The molecule has 8 nitrogen and oxygen atoms in total. The van der Waals surface area contributed by atoms with Crippen LogP contribution in [0.5, 0.6) is 0 Å². The quantitative estimate of drug-likeness (QED) is 0.205. The van der Waals surface area contributed by atoms with E-state index in [0.29, 0.717) is 5.92 Å². The third-order valence-corrected chi connectivity index (χ3v) is 8.69. The Labute approximate surface area is 240 Å².